The van der Waals surface area contributed by atoms with E-state index in [4.69, 9.17) is 9.47 Å². The van der Waals surface area contributed by atoms with Crippen LogP contribution in [0, 0.1) is 0 Å². The summed E-state index contributed by atoms with van der Waals surface area (Å²) in [5.41, 5.74) is 0. The fourth-order valence-corrected chi connectivity index (χ4v) is 2.51. The topological polar surface area (TPSA) is 64.6 Å². The maximum absolute atomic E-state index is 11.9. The third-order valence-electron chi connectivity index (χ3n) is 2.34. The molecule has 0 aliphatic carbocycles. The van der Waals surface area contributed by atoms with Crippen molar-refractivity contribution in [3.05, 3.63) is 42.4 Å². The molecular formula is C12H15NO4S. The molecule has 0 unspecified atom stereocenters. The highest BCUT2D eigenvalue weighted by Crippen LogP contribution is 2.23. The van der Waals surface area contributed by atoms with Crippen LogP contribution in [0.4, 0.5) is 0 Å². The van der Waals surface area contributed by atoms with Gasteiger partial charge in [-0.2, -0.15) is 0 Å². The van der Waals surface area contributed by atoms with Crippen molar-refractivity contribution in [2.45, 2.75) is 24.5 Å². The average Bonchev–Trinajstić information content (AvgIpc) is 2.68. The maximum Gasteiger partial charge on any atom is 0.244 e. The highest BCUT2D eigenvalue weighted by molar-refractivity contribution is 7.89. The zero-order chi connectivity index (χ0) is 13.2. The van der Waals surface area contributed by atoms with Crippen molar-refractivity contribution < 1.29 is 17.9 Å². The summed E-state index contributed by atoms with van der Waals surface area (Å²) in [5.74, 6) is -0.271. The molecule has 0 saturated carbocycles. The third kappa shape index (κ3) is 3.02. The van der Waals surface area contributed by atoms with E-state index >= 15 is 0 Å². The van der Waals surface area contributed by atoms with Crippen LogP contribution in [-0.4, -0.2) is 20.7 Å². The summed E-state index contributed by atoms with van der Waals surface area (Å²) in [5, 5.41) is 0. The minimum atomic E-state index is -3.51. The first-order valence-electron chi connectivity index (χ1n) is 5.50. The minimum Gasteiger partial charge on any atom is -0.457 e. The zero-order valence-electron chi connectivity index (χ0n) is 10.2. The van der Waals surface area contributed by atoms with Gasteiger partial charge in [-0.15, -0.1) is 0 Å². The van der Waals surface area contributed by atoms with Gasteiger partial charge in [0.15, 0.2) is 5.76 Å². The molecule has 1 aliphatic heterocycles. The Kier molecular flexibility index (Phi) is 3.32. The molecule has 98 valence electrons. The molecular weight excluding hydrogens is 254 g/mol. The van der Waals surface area contributed by atoms with Gasteiger partial charge in [0.1, 0.15) is 6.26 Å². The van der Waals surface area contributed by atoms with E-state index in [1.54, 1.807) is 32.0 Å². The molecule has 1 aliphatic rings. The SMILES string of the molecule is CC1(C)OC=C(CNS(=O)(=O)c2ccccc2)O1. The van der Waals surface area contributed by atoms with Crippen LogP contribution in [0.15, 0.2) is 47.2 Å². The zero-order valence-corrected chi connectivity index (χ0v) is 11.0. The van der Waals surface area contributed by atoms with Crippen LogP contribution in [0.5, 0.6) is 0 Å². The number of sulfonamides is 1. The third-order valence-corrected chi connectivity index (χ3v) is 3.76. The monoisotopic (exact) mass is 269 g/mol. The Morgan fingerprint density at radius 1 is 1.22 bits per heavy atom. The maximum atomic E-state index is 11.9. The van der Waals surface area contributed by atoms with E-state index in [2.05, 4.69) is 4.72 Å². The van der Waals surface area contributed by atoms with Crippen LogP contribution in [0.1, 0.15) is 13.8 Å². The van der Waals surface area contributed by atoms with E-state index in [9.17, 15) is 8.42 Å². The highest BCUT2D eigenvalue weighted by atomic mass is 32.2. The van der Waals surface area contributed by atoms with E-state index in [1.165, 1.54) is 18.4 Å². The number of hydrogen-bond acceptors (Lipinski definition) is 4. The number of ether oxygens (including phenoxy) is 2. The molecule has 0 aromatic heterocycles. The summed E-state index contributed by atoms with van der Waals surface area (Å²) in [6.45, 7) is 3.57. The Labute approximate surface area is 106 Å². The second-order valence-electron chi connectivity index (χ2n) is 4.34. The standard InChI is InChI=1S/C12H15NO4S/c1-12(2)16-9-10(17-12)8-13-18(14,15)11-6-4-3-5-7-11/h3-7,9,13H,8H2,1-2H3. The van der Waals surface area contributed by atoms with E-state index in [0.29, 0.717) is 5.76 Å². The van der Waals surface area contributed by atoms with Crippen LogP contribution >= 0.6 is 0 Å². The molecule has 0 saturated heterocycles. The molecule has 0 atom stereocenters. The van der Waals surface area contributed by atoms with Crippen molar-refractivity contribution in [3.63, 3.8) is 0 Å². The lowest BCUT2D eigenvalue weighted by atomic mass is 10.4. The van der Waals surface area contributed by atoms with Gasteiger partial charge >= 0.3 is 0 Å². The number of benzene rings is 1. The molecule has 0 fully saturated rings. The highest BCUT2D eigenvalue weighted by Gasteiger charge is 2.28. The number of hydrogen-bond donors (Lipinski definition) is 1. The molecule has 2 rings (SSSR count). The van der Waals surface area contributed by atoms with Crippen LogP contribution in [0.3, 0.4) is 0 Å². The van der Waals surface area contributed by atoms with Crippen molar-refractivity contribution in [1.29, 1.82) is 0 Å². The molecule has 0 radical (unpaired) electrons. The Hall–Kier alpha value is -1.53. The Balaban J connectivity index is 1.99. The predicted molar refractivity (Wildman–Crippen MR) is 66.0 cm³/mol. The molecule has 6 heteroatoms. The van der Waals surface area contributed by atoms with Crippen LogP contribution in [0.25, 0.3) is 0 Å². The van der Waals surface area contributed by atoms with Gasteiger partial charge in [0, 0.05) is 13.8 Å². The first-order chi connectivity index (χ1) is 8.39. The number of nitrogens with one attached hydrogen (secondary N) is 1. The average molecular weight is 269 g/mol. The molecule has 1 aromatic rings. The first kappa shape index (κ1) is 12.9. The first-order valence-corrected chi connectivity index (χ1v) is 6.98. The summed E-state index contributed by atoms with van der Waals surface area (Å²) in [7, 11) is -3.51. The quantitative estimate of drug-likeness (QED) is 0.901. The molecule has 5 nitrogen and oxygen atoms in total. The van der Waals surface area contributed by atoms with Crippen molar-refractivity contribution in [1.82, 2.24) is 4.72 Å². The second kappa shape index (κ2) is 4.62. The van der Waals surface area contributed by atoms with Crippen LogP contribution in [0.2, 0.25) is 0 Å². The van der Waals surface area contributed by atoms with Crippen molar-refractivity contribution in [2.75, 3.05) is 6.54 Å². The molecule has 0 bridgehead atoms. The fraction of sp³-hybridized carbons (Fsp3) is 0.333. The molecule has 1 heterocycles. The Bertz CT molecular complexity index is 549. The fourth-order valence-electron chi connectivity index (χ4n) is 1.50. The Morgan fingerprint density at radius 2 is 1.89 bits per heavy atom. The van der Waals surface area contributed by atoms with Gasteiger partial charge in [-0.1, -0.05) is 18.2 Å². The normalized spacial score (nSPS) is 17.8. The van der Waals surface area contributed by atoms with Gasteiger partial charge in [0.05, 0.1) is 11.4 Å². The predicted octanol–water partition coefficient (Wildman–Crippen LogP) is 1.59. The molecule has 1 N–H and O–H groups in total. The summed E-state index contributed by atoms with van der Waals surface area (Å²) < 4.78 is 36.9. The van der Waals surface area contributed by atoms with E-state index in [1.807, 2.05) is 0 Å². The lowest BCUT2D eigenvalue weighted by molar-refractivity contribution is -0.116. The summed E-state index contributed by atoms with van der Waals surface area (Å²) in [6.07, 6.45) is 1.42. The van der Waals surface area contributed by atoms with Crippen molar-refractivity contribution in [2.24, 2.45) is 0 Å². The van der Waals surface area contributed by atoms with Crippen molar-refractivity contribution >= 4 is 10.0 Å². The molecule has 0 spiro atoms. The van der Waals surface area contributed by atoms with E-state index < -0.39 is 15.8 Å². The lowest BCUT2D eigenvalue weighted by Gasteiger charge is -2.18. The smallest absolute Gasteiger partial charge is 0.244 e. The van der Waals surface area contributed by atoms with Gasteiger partial charge in [-0.05, 0) is 12.1 Å². The minimum absolute atomic E-state index is 0.0701. The van der Waals surface area contributed by atoms with E-state index in [-0.39, 0.29) is 11.4 Å². The largest absolute Gasteiger partial charge is 0.457 e. The summed E-state index contributed by atoms with van der Waals surface area (Å²) >= 11 is 0. The molecule has 1 aromatic carbocycles. The number of rotatable bonds is 4. The van der Waals surface area contributed by atoms with Crippen molar-refractivity contribution in [3.8, 4) is 0 Å². The van der Waals surface area contributed by atoms with Gasteiger partial charge < -0.3 is 9.47 Å². The summed E-state index contributed by atoms with van der Waals surface area (Å²) in [6, 6.07) is 8.18. The van der Waals surface area contributed by atoms with Gasteiger partial charge in [0.25, 0.3) is 0 Å². The van der Waals surface area contributed by atoms with E-state index in [0.717, 1.165) is 0 Å². The lowest BCUT2D eigenvalue weighted by Crippen LogP contribution is -2.28. The Morgan fingerprint density at radius 3 is 2.44 bits per heavy atom. The van der Waals surface area contributed by atoms with Gasteiger partial charge in [0.2, 0.25) is 15.8 Å². The second-order valence-corrected chi connectivity index (χ2v) is 6.11. The molecule has 18 heavy (non-hydrogen) atoms. The van der Waals surface area contributed by atoms with Crippen LogP contribution in [-0.2, 0) is 19.5 Å². The van der Waals surface area contributed by atoms with Crippen LogP contribution < -0.4 is 4.72 Å². The van der Waals surface area contributed by atoms with Gasteiger partial charge in [-0.3, -0.25) is 0 Å². The van der Waals surface area contributed by atoms with Gasteiger partial charge in [-0.25, -0.2) is 13.1 Å². The molecule has 0 amide bonds. The summed E-state index contributed by atoms with van der Waals surface area (Å²) in [4.78, 5) is 0.226.